The molecule has 1 aromatic rings. The van der Waals surface area contributed by atoms with Crippen LogP contribution in [-0.2, 0) is 13.0 Å². The average molecular weight is 196 g/mol. The number of rotatable bonds is 4. The van der Waals surface area contributed by atoms with Gasteiger partial charge in [-0.1, -0.05) is 27.7 Å². The van der Waals surface area contributed by atoms with Crippen LogP contribution in [0.3, 0.4) is 0 Å². The van der Waals surface area contributed by atoms with Gasteiger partial charge in [-0.2, -0.15) is 5.10 Å². The van der Waals surface area contributed by atoms with E-state index < -0.39 is 0 Å². The molecule has 0 unspecified atom stereocenters. The van der Waals surface area contributed by atoms with Gasteiger partial charge in [-0.25, -0.2) is 4.68 Å². The van der Waals surface area contributed by atoms with E-state index in [1.165, 1.54) is 0 Å². The molecule has 80 valence electrons. The van der Waals surface area contributed by atoms with Crippen LogP contribution in [0.4, 0.5) is 0 Å². The van der Waals surface area contributed by atoms with Crippen molar-refractivity contribution in [1.82, 2.24) is 9.78 Å². The van der Waals surface area contributed by atoms with E-state index in [1.807, 2.05) is 0 Å². The fraction of sp³-hybridized carbons (Fsp3) is 0.727. The van der Waals surface area contributed by atoms with Crippen LogP contribution in [0, 0.1) is 0 Å². The molecule has 0 saturated heterocycles. The zero-order chi connectivity index (χ0) is 10.7. The Balaban J connectivity index is 3.11. The van der Waals surface area contributed by atoms with E-state index in [9.17, 15) is 5.11 Å². The van der Waals surface area contributed by atoms with E-state index in [1.54, 1.807) is 4.68 Å². The van der Waals surface area contributed by atoms with Gasteiger partial charge in [0.25, 0.3) is 0 Å². The summed E-state index contributed by atoms with van der Waals surface area (Å²) >= 11 is 0. The number of hydrogen-bond donors (Lipinski definition) is 1. The molecule has 0 bridgehead atoms. The van der Waals surface area contributed by atoms with Crippen molar-refractivity contribution in [2.45, 2.75) is 53.0 Å². The normalized spacial score (nSPS) is 11.2. The van der Waals surface area contributed by atoms with Crippen LogP contribution in [0.5, 0.6) is 5.88 Å². The Hall–Kier alpha value is -0.990. The molecule has 0 spiro atoms. The summed E-state index contributed by atoms with van der Waals surface area (Å²) in [6.45, 7) is 9.15. The van der Waals surface area contributed by atoms with Crippen molar-refractivity contribution in [3.8, 4) is 5.88 Å². The van der Waals surface area contributed by atoms with E-state index in [0.29, 0.717) is 11.8 Å². The fourth-order valence-corrected chi connectivity index (χ4v) is 1.68. The number of hydrogen-bond acceptors (Lipinski definition) is 2. The predicted molar refractivity (Wildman–Crippen MR) is 57.6 cm³/mol. The molecule has 0 fully saturated rings. The first-order valence-corrected chi connectivity index (χ1v) is 5.40. The highest BCUT2D eigenvalue weighted by atomic mass is 16.3. The van der Waals surface area contributed by atoms with Crippen LogP contribution in [0.2, 0.25) is 0 Å². The molecule has 14 heavy (non-hydrogen) atoms. The zero-order valence-corrected chi connectivity index (χ0v) is 9.54. The Kier molecular flexibility index (Phi) is 3.55. The summed E-state index contributed by atoms with van der Waals surface area (Å²) in [7, 11) is 0. The first kappa shape index (κ1) is 11.1. The van der Waals surface area contributed by atoms with Crippen molar-refractivity contribution in [1.29, 1.82) is 0 Å². The lowest BCUT2D eigenvalue weighted by Crippen LogP contribution is -1.99. The minimum Gasteiger partial charge on any atom is -0.493 e. The number of nitrogens with zero attached hydrogens (tertiary/aromatic N) is 2. The Bertz CT molecular complexity index is 302. The Morgan fingerprint density at radius 3 is 2.36 bits per heavy atom. The monoisotopic (exact) mass is 196 g/mol. The van der Waals surface area contributed by atoms with Crippen molar-refractivity contribution in [3.05, 3.63) is 11.3 Å². The molecule has 0 aliphatic rings. The smallest absolute Gasteiger partial charge is 0.212 e. The van der Waals surface area contributed by atoms with Gasteiger partial charge in [-0.05, 0) is 18.8 Å². The minimum atomic E-state index is 0.359. The molecule has 0 radical (unpaired) electrons. The molecule has 1 aromatic heterocycles. The van der Waals surface area contributed by atoms with Gasteiger partial charge in [0.1, 0.15) is 0 Å². The summed E-state index contributed by atoms with van der Waals surface area (Å²) in [6, 6.07) is 0. The van der Waals surface area contributed by atoms with E-state index in [-0.39, 0.29) is 0 Å². The number of aromatic nitrogens is 2. The van der Waals surface area contributed by atoms with Gasteiger partial charge in [0.15, 0.2) is 0 Å². The highest BCUT2D eigenvalue weighted by molar-refractivity contribution is 5.32. The predicted octanol–water partition coefficient (Wildman–Crippen LogP) is 2.68. The maximum Gasteiger partial charge on any atom is 0.212 e. The van der Waals surface area contributed by atoms with E-state index in [2.05, 4.69) is 32.8 Å². The van der Waals surface area contributed by atoms with Crippen LogP contribution in [0.15, 0.2) is 0 Å². The summed E-state index contributed by atoms with van der Waals surface area (Å²) in [6.07, 6.45) is 1.85. The van der Waals surface area contributed by atoms with Crippen LogP contribution in [0.1, 0.15) is 51.3 Å². The van der Waals surface area contributed by atoms with Gasteiger partial charge in [-0.15, -0.1) is 0 Å². The van der Waals surface area contributed by atoms with Crippen molar-refractivity contribution in [2.75, 3.05) is 0 Å². The van der Waals surface area contributed by atoms with Crippen molar-refractivity contribution < 1.29 is 5.11 Å². The maximum absolute atomic E-state index is 9.89. The lowest BCUT2D eigenvalue weighted by Gasteiger charge is -2.01. The number of aromatic hydroxyl groups is 1. The van der Waals surface area contributed by atoms with Crippen molar-refractivity contribution in [2.24, 2.45) is 0 Å². The molecule has 3 heteroatoms. The largest absolute Gasteiger partial charge is 0.493 e. The summed E-state index contributed by atoms with van der Waals surface area (Å²) in [5, 5.41) is 14.3. The highest BCUT2D eigenvalue weighted by Crippen LogP contribution is 2.27. The average Bonchev–Trinajstić information content (AvgIpc) is 2.44. The highest BCUT2D eigenvalue weighted by Gasteiger charge is 2.17. The third-order valence-corrected chi connectivity index (χ3v) is 2.39. The molecule has 1 heterocycles. The standard InChI is InChI=1S/C11H20N2O/c1-5-7-13-11(14)9(6-2)10(12-13)8(3)4/h8,14H,5-7H2,1-4H3. The molecule has 3 nitrogen and oxygen atoms in total. The van der Waals surface area contributed by atoms with E-state index >= 15 is 0 Å². The second kappa shape index (κ2) is 4.49. The fourth-order valence-electron chi connectivity index (χ4n) is 1.68. The molecule has 0 aromatic carbocycles. The molecular formula is C11H20N2O. The third-order valence-electron chi connectivity index (χ3n) is 2.39. The van der Waals surface area contributed by atoms with Gasteiger partial charge >= 0.3 is 0 Å². The lowest BCUT2D eigenvalue weighted by atomic mass is 10.0. The summed E-state index contributed by atoms with van der Waals surface area (Å²) in [5.41, 5.74) is 2.05. The molecule has 0 amide bonds. The molecule has 0 aliphatic carbocycles. The SMILES string of the molecule is CCCn1nc(C(C)C)c(CC)c1O. The lowest BCUT2D eigenvalue weighted by molar-refractivity contribution is 0.393. The van der Waals surface area contributed by atoms with Gasteiger partial charge in [0, 0.05) is 12.1 Å². The van der Waals surface area contributed by atoms with Gasteiger partial charge in [0.2, 0.25) is 5.88 Å². The summed E-state index contributed by atoms with van der Waals surface area (Å²) in [4.78, 5) is 0. The molecule has 1 N–H and O–H groups in total. The van der Waals surface area contributed by atoms with Crippen LogP contribution < -0.4 is 0 Å². The first-order valence-electron chi connectivity index (χ1n) is 5.40. The Morgan fingerprint density at radius 2 is 2.00 bits per heavy atom. The topological polar surface area (TPSA) is 38.0 Å². The van der Waals surface area contributed by atoms with E-state index in [4.69, 9.17) is 0 Å². The van der Waals surface area contributed by atoms with Crippen LogP contribution in [-0.4, -0.2) is 14.9 Å². The second-order valence-corrected chi connectivity index (χ2v) is 3.92. The minimum absolute atomic E-state index is 0.359. The molecule has 1 rings (SSSR count). The molecule has 0 aliphatic heterocycles. The molecule has 0 atom stereocenters. The third kappa shape index (κ3) is 1.91. The zero-order valence-electron chi connectivity index (χ0n) is 9.54. The quantitative estimate of drug-likeness (QED) is 0.804. The van der Waals surface area contributed by atoms with Crippen molar-refractivity contribution >= 4 is 0 Å². The van der Waals surface area contributed by atoms with E-state index in [0.717, 1.165) is 30.6 Å². The van der Waals surface area contributed by atoms with Gasteiger partial charge in [0.05, 0.1) is 5.69 Å². The molecule has 0 saturated carbocycles. The van der Waals surface area contributed by atoms with Crippen LogP contribution >= 0.6 is 0 Å². The summed E-state index contributed by atoms with van der Waals surface area (Å²) < 4.78 is 1.72. The van der Waals surface area contributed by atoms with Gasteiger partial charge < -0.3 is 5.11 Å². The maximum atomic E-state index is 9.89. The second-order valence-electron chi connectivity index (χ2n) is 3.92. The number of aryl methyl sites for hydroxylation is 1. The van der Waals surface area contributed by atoms with Crippen LogP contribution in [0.25, 0.3) is 0 Å². The first-order chi connectivity index (χ1) is 6.61. The Labute approximate surface area is 85.8 Å². The molecular weight excluding hydrogens is 176 g/mol. The summed E-state index contributed by atoms with van der Waals surface area (Å²) in [5.74, 6) is 0.743. The Morgan fingerprint density at radius 1 is 1.36 bits per heavy atom. The van der Waals surface area contributed by atoms with Gasteiger partial charge in [-0.3, -0.25) is 0 Å². The van der Waals surface area contributed by atoms with Crippen molar-refractivity contribution in [3.63, 3.8) is 0 Å².